The van der Waals surface area contributed by atoms with E-state index < -0.39 is 0 Å². The van der Waals surface area contributed by atoms with Crippen LogP contribution in [-0.4, -0.2) is 12.6 Å². The minimum Gasteiger partial charge on any atom is -0.463 e. The predicted octanol–water partition coefficient (Wildman–Crippen LogP) is 6.39. The Morgan fingerprint density at radius 3 is 2.13 bits per heavy atom. The van der Waals surface area contributed by atoms with Crippen LogP contribution in [0.1, 0.15) is 80.6 Å². The zero-order chi connectivity index (χ0) is 17.9. The van der Waals surface area contributed by atoms with Crippen LogP contribution in [0.2, 0.25) is 0 Å². The van der Waals surface area contributed by atoms with Gasteiger partial charge in [-0.3, -0.25) is 0 Å². The Morgan fingerprint density at radius 2 is 1.61 bits per heavy atom. The normalized spacial score (nSPS) is 13.0. The highest BCUT2D eigenvalue weighted by atomic mass is 16.5. The van der Waals surface area contributed by atoms with Crippen molar-refractivity contribution < 1.29 is 9.53 Å². The topological polar surface area (TPSA) is 26.3 Å². The summed E-state index contributed by atoms with van der Waals surface area (Å²) in [5.41, 5.74) is 4.17. The van der Waals surface area contributed by atoms with Crippen LogP contribution in [0.4, 0.5) is 0 Å². The fraction of sp³-hybridized carbons (Fsp3) is 0.667. The molecule has 0 unspecified atom stereocenters. The zero-order valence-corrected chi connectivity index (χ0v) is 16.3. The second-order valence-electron chi connectivity index (χ2n) is 7.70. The maximum atomic E-state index is 11.7. The van der Waals surface area contributed by atoms with Gasteiger partial charge in [0.1, 0.15) is 0 Å². The molecule has 0 bridgehead atoms. The van der Waals surface area contributed by atoms with Gasteiger partial charge in [0.2, 0.25) is 0 Å². The van der Waals surface area contributed by atoms with Crippen molar-refractivity contribution in [1.29, 1.82) is 0 Å². The van der Waals surface area contributed by atoms with Crippen LogP contribution in [0.3, 0.4) is 0 Å². The Labute approximate surface area is 143 Å². The van der Waals surface area contributed by atoms with E-state index in [1.807, 2.05) is 6.92 Å². The highest BCUT2D eigenvalue weighted by molar-refractivity contribution is 5.82. The molecule has 0 amide bonds. The molecule has 0 radical (unpaired) electrons. The number of allylic oxidation sites excluding steroid dienone is 5. The van der Waals surface area contributed by atoms with Crippen LogP contribution < -0.4 is 0 Å². The first kappa shape index (κ1) is 21.7. The summed E-state index contributed by atoms with van der Waals surface area (Å²) >= 11 is 0. The Morgan fingerprint density at radius 1 is 1.00 bits per heavy atom. The summed E-state index contributed by atoms with van der Waals surface area (Å²) < 4.78 is 5.05. The lowest BCUT2D eigenvalue weighted by Gasteiger charge is -2.20. The van der Waals surface area contributed by atoms with Crippen molar-refractivity contribution in [2.45, 2.75) is 80.6 Å². The third kappa shape index (κ3) is 14.0. The summed E-state index contributed by atoms with van der Waals surface area (Å²) in [6.45, 7) is 15.3. The molecule has 2 nitrogen and oxygen atoms in total. The van der Waals surface area contributed by atoms with Gasteiger partial charge in [0.15, 0.2) is 0 Å². The van der Waals surface area contributed by atoms with Crippen molar-refractivity contribution >= 4 is 5.97 Å². The second kappa shape index (κ2) is 11.3. The monoisotopic (exact) mass is 320 g/mol. The second-order valence-corrected chi connectivity index (χ2v) is 7.70. The Kier molecular flexibility index (Phi) is 10.6. The van der Waals surface area contributed by atoms with Crippen molar-refractivity contribution in [2.75, 3.05) is 6.61 Å². The first-order chi connectivity index (χ1) is 10.6. The SMILES string of the molecule is CCOC(=O)/C=C(\CC/C=C(\C)CCC=C(C)C)CC(C)(C)C. The number of hydrogen-bond acceptors (Lipinski definition) is 2. The summed E-state index contributed by atoms with van der Waals surface area (Å²) in [6, 6.07) is 0. The molecule has 0 saturated heterocycles. The molecule has 0 heterocycles. The Bertz CT molecular complexity index is 441. The van der Waals surface area contributed by atoms with Crippen molar-refractivity contribution in [1.82, 2.24) is 0 Å². The quantitative estimate of drug-likeness (QED) is 0.280. The molecule has 0 fully saturated rings. The standard InChI is InChI=1S/C21H36O2/c1-8-23-20(22)15-19(16-21(5,6)7)14-10-13-18(4)12-9-11-17(2)3/h11,13,15H,8-10,12,14,16H2,1-7H3/b18-13+,19-15+. The van der Waals surface area contributed by atoms with Gasteiger partial charge in [-0.2, -0.15) is 0 Å². The number of hydrogen-bond donors (Lipinski definition) is 0. The molecule has 0 N–H and O–H groups in total. The van der Waals surface area contributed by atoms with Crippen LogP contribution in [-0.2, 0) is 9.53 Å². The zero-order valence-electron chi connectivity index (χ0n) is 16.3. The van der Waals surface area contributed by atoms with Crippen LogP contribution >= 0.6 is 0 Å². The highest BCUT2D eigenvalue weighted by Gasteiger charge is 2.14. The number of carbonyl (C=O) groups is 1. The number of rotatable bonds is 9. The average Bonchev–Trinajstić information content (AvgIpc) is 2.36. The molecular weight excluding hydrogens is 284 g/mol. The van der Waals surface area contributed by atoms with Gasteiger partial charge in [-0.15, -0.1) is 0 Å². The van der Waals surface area contributed by atoms with Gasteiger partial charge >= 0.3 is 5.97 Å². The number of esters is 1. The van der Waals surface area contributed by atoms with Crippen molar-refractivity contribution in [3.8, 4) is 0 Å². The van der Waals surface area contributed by atoms with E-state index in [1.54, 1.807) is 6.08 Å². The van der Waals surface area contributed by atoms with Gasteiger partial charge in [-0.1, -0.05) is 49.6 Å². The Hall–Kier alpha value is -1.31. The fourth-order valence-electron chi connectivity index (χ4n) is 2.44. The fourth-order valence-corrected chi connectivity index (χ4v) is 2.44. The van der Waals surface area contributed by atoms with E-state index in [1.165, 1.54) is 16.7 Å². The molecule has 132 valence electrons. The molecule has 23 heavy (non-hydrogen) atoms. The van der Waals surface area contributed by atoms with Crippen LogP contribution in [0, 0.1) is 5.41 Å². The van der Waals surface area contributed by atoms with Gasteiger partial charge < -0.3 is 4.74 Å². The molecule has 0 aliphatic heterocycles. The van der Waals surface area contributed by atoms with Gasteiger partial charge in [0, 0.05) is 6.08 Å². The van der Waals surface area contributed by atoms with E-state index in [-0.39, 0.29) is 11.4 Å². The molecule has 2 heteroatoms. The van der Waals surface area contributed by atoms with Crippen molar-refractivity contribution in [3.63, 3.8) is 0 Å². The third-order valence-electron chi connectivity index (χ3n) is 3.42. The maximum Gasteiger partial charge on any atom is 0.330 e. The van der Waals surface area contributed by atoms with Crippen molar-refractivity contribution in [3.05, 3.63) is 34.9 Å². The third-order valence-corrected chi connectivity index (χ3v) is 3.42. The summed E-state index contributed by atoms with van der Waals surface area (Å²) in [5.74, 6) is -0.212. The summed E-state index contributed by atoms with van der Waals surface area (Å²) in [6.07, 6.45) is 11.3. The summed E-state index contributed by atoms with van der Waals surface area (Å²) in [7, 11) is 0. The molecule has 0 atom stereocenters. The average molecular weight is 321 g/mol. The lowest BCUT2D eigenvalue weighted by atomic mass is 9.86. The van der Waals surface area contributed by atoms with Crippen LogP contribution in [0.5, 0.6) is 0 Å². The first-order valence-electron chi connectivity index (χ1n) is 8.79. The lowest BCUT2D eigenvalue weighted by Crippen LogP contribution is -2.09. The molecule has 0 saturated carbocycles. The molecule has 0 aromatic rings. The largest absolute Gasteiger partial charge is 0.463 e. The minimum atomic E-state index is -0.212. The van der Waals surface area contributed by atoms with E-state index >= 15 is 0 Å². The van der Waals surface area contributed by atoms with E-state index in [2.05, 4.69) is 53.7 Å². The van der Waals surface area contributed by atoms with Crippen LogP contribution in [0.25, 0.3) is 0 Å². The highest BCUT2D eigenvalue weighted by Crippen LogP contribution is 2.27. The molecule has 0 aliphatic carbocycles. The minimum absolute atomic E-state index is 0.181. The van der Waals surface area contributed by atoms with Gasteiger partial charge in [-0.25, -0.2) is 4.79 Å². The molecule has 0 aromatic heterocycles. The van der Waals surface area contributed by atoms with E-state index in [9.17, 15) is 4.79 Å². The molecule has 0 aromatic carbocycles. The van der Waals surface area contributed by atoms with Crippen LogP contribution in [0.15, 0.2) is 34.9 Å². The van der Waals surface area contributed by atoms with Gasteiger partial charge in [0.25, 0.3) is 0 Å². The van der Waals surface area contributed by atoms with E-state index in [4.69, 9.17) is 4.74 Å². The molecule has 0 aliphatic rings. The number of ether oxygens (including phenoxy) is 1. The van der Waals surface area contributed by atoms with Gasteiger partial charge in [-0.05, 0) is 65.2 Å². The summed E-state index contributed by atoms with van der Waals surface area (Å²) in [4.78, 5) is 11.7. The molecule has 0 rings (SSSR count). The van der Waals surface area contributed by atoms with Crippen molar-refractivity contribution in [2.24, 2.45) is 5.41 Å². The first-order valence-corrected chi connectivity index (χ1v) is 8.79. The lowest BCUT2D eigenvalue weighted by molar-refractivity contribution is -0.137. The van der Waals surface area contributed by atoms with Gasteiger partial charge in [0.05, 0.1) is 6.61 Å². The number of carbonyl (C=O) groups excluding carboxylic acids is 1. The Balaban J connectivity index is 4.60. The van der Waals surface area contributed by atoms with E-state index in [0.717, 1.165) is 32.1 Å². The smallest absolute Gasteiger partial charge is 0.330 e. The maximum absolute atomic E-state index is 11.7. The van der Waals surface area contributed by atoms with E-state index in [0.29, 0.717) is 6.61 Å². The molecule has 0 spiro atoms. The summed E-state index contributed by atoms with van der Waals surface area (Å²) in [5, 5.41) is 0. The molecular formula is C21H36O2. The predicted molar refractivity (Wildman–Crippen MR) is 100 cm³/mol.